The van der Waals surface area contributed by atoms with Crippen molar-refractivity contribution >= 4 is 23.2 Å². The zero-order chi connectivity index (χ0) is 14.3. The summed E-state index contributed by atoms with van der Waals surface area (Å²) in [7, 11) is 0. The first-order chi connectivity index (χ1) is 9.58. The van der Waals surface area contributed by atoms with Gasteiger partial charge in [0.25, 0.3) is 5.91 Å². The van der Waals surface area contributed by atoms with Gasteiger partial charge in [-0.05, 0) is 44.2 Å². The molecule has 1 aromatic rings. The number of likely N-dealkylation sites (tertiary alicyclic amines) is 1. The van der Waals surface area contributed by atoms with E-state index in [1.165, 1.54) is 25.3 Å². The normalized spacial score (nSPS) is 29.2. The third-order valence-electron chi connectivity index (χ3n) is 4.61. The second kappa shape index (κ2) is 5.20. The van der Waals surface area contributed by atoms with Crippen LogP contribution < -0.4 is 0 Å². The van der Waals surface area contributed by atoms with Gasteiger partial charge in [-0.25, -0.2) is 4.79 Å². The third kappa shape index (κ3) is 2.24. The molecule has 2 heterocycles. The van der Waals surface area contributed by atoms with Crippen molar-refractivity contribution < 1.29 is 14.7 Å². The van der Waals surface area contributed by atoms with E-state index in [0.717, 1.165) is 24.2 Å². The van der Waals surface area contributed by atoms with Crippen LogP contribution in [0.2, 0.25) is 0 Å². The zero-order valence-electron chi connectivity index (χ0n) is 11.5. The van der Waals surface area contributed by atoms with Crippen molar-refractivity contribution in [1.29, 1.82) is 0 Å². The Morgan fingerprint density at radius 1 is 1.25 bits per heavy atom. The van der Waals surface area contributed by atoms with E-state index in [0.29, 0.717) is 16.8 Å². The fourth-order valence-electron chi connectivity index (χ4n) is 3.75. The zero-order valence-corrected chi connectivity index (χ0v) is 12.4. The summed E-state index contributed by atoms with van der Waals surface area (Å²) in [5.74, 6) is -0.301. The lowest BCUT2D eigenvalue weighted by atomic mass is 9.85. The van der Waals surface area contributed by atoms with E-state index >= 15 is 0 Å². The monoisotopic (exact) mass is 293 g/mol. The lowest BCUT2D eigenvalue weighted by Crippen LogP contribution is -2.42. The first-order valence-corrected chi connectivity index (χ1v) is 8.05. The first-order valence-electron chi connectivity index (χ1n) is 7.23. The summed E-state index contributed by atoms with van der Waals surface area (Å²) >= 11 is 1.09. The number of aromatic carboxylic acids is 1. The van der Waals surface area contributed by atoms with Crippen molar-refractivity contribution in [2.45, 2.75) is 51.1 Å². The summed E-state index contributed by atoms with van der Waals surface area (Å²) < 4.78 is 0. The maximum absolute atomic E-state index is 12.7. The molecule has 5 heteroatoms. The average molecular weight is 293 g/mol. The molecule has 20 heavy (non-hydrogen) atoms. The van der Waals surface area contributed by atoms with Gasteiger partial charge in [0, 0.05) is 12.1 Å². The number of hydrogen-bond acceptors (Lipinski definition) is 3. The average Bonchev–Trinajstić information content (AvgIpc) is 3.01. The Bertz CT molecular complexity index is 539. The van der Waals surface area contributed by atoms with Crippen LogP contribution in [0.3, 0.4) is 0 Å². The van der Waals surface area contributed by atoms with Crippen LogP contribution in [0.1, 0.15) is 58.4 Å². The van der Waals surface area contributed by atoms with Crippen LogP contribution in [0.5, 0.6) is 0 Å². The SMILES string of the molecule is CC1CC2CCCCC2N1C(=O)c1ccc(C(=O)O)s1. The molecule has 2 fully saturated rings. The summed E-state index contributed by atoms with van der Waals surface area (Å²) in [6.07, 6.45) is 5.88. The molecule has 0 bridgehead atoms. The molecule has 1 aromatic heterocycles. The molecular formula is C15H19NO3S. The minimum Gasteiger partial charge on any atom is -0.477 e. The van der Waals surface area contributed by atoms with E-state index in [4.69, 9.17) is 5.11 Å². The molecule has 0 aromatic carbocycles. The minimum atomic E-state index is -0.959. The van der Waals surface area contributed by atoms with E-state index < -0.39 is 5.97 Å². The minimum absolute atomic E-state index is 0.0180. The molecule has 1 amide bonds. The number of carboxylic acids is 1. The van der Waals surface area contributed by atoms with E-state index in [1.807, 2.05) is 4.90 Å². The van der Waals surface area contributed by atoms with Crippen molar-refractivity contribution in [3.63, 3.8) is 0 Å². The van der Waals surface area contributed by atoms with Crippen LogP contribution in [0, 0.1) is 5.92 Å². The number of carboxylic acid groups (broad SMARTS) is 1. The van der Waals surface area contributed by atoms with Crippen molar-refractivity contribution in [3.05, 3.63) is 21.9 Å². The highest BCUT2D eigenvalue weighted by molar-refractivity contribution is 7.15. The molecule has 2 aliphatic rings. The van der Waals surface area contributed by atoms with E-state index in [1.54, 1.807) is 6.07 Å². The number of fused-ring (bicyclic) bond motifs is 1. The molecule has 3 rings (SSSR count). The summed E-state index contributed by atoms with van der Waals surface area (Å²) in [4.78, 5) is 26.4. The lowest BCUT2D eigenvalue weighted by molar-refractivity contribution is 0.0638. The quantitative estimate of drug-likeness (QED) is 0.910. The summed E-state index contributed by atoms with van der Waals surface area (Å²) in [6, 6.07) is 3.81. The van der Waals surface area contributed by atoms with Gasteiger partial charge in [-0.1, -0.05) is 12.8 Å². The number of hydrogen-bond donors (Lipinski definition) is 1. The van der Waals surface area contributed by atoms with Gasteiger partial charge in [0.05, 0.1) is 4.88 Å². The number of amides is 1. The van der Waals surface area contributed by atoms with Gasteiger partial charge in [-0.15, -0.1) is 11.3 Å². The number of nitrogens with zero attached hydrogens (tertiary/aromatic N) is 1. The standard InChI is InChI=1S/C15H19NO3S/c1-9-8-10-4-2-3-5-11(10)16(9)14(17)12-6-7-13(20-12)15(18)19/h6-7,9-11H,2-5,8H2,1H3,(H,18,19). The Balaban J connectivity index is 1.83. The Morgan fingerprint density at radius 3 is 2.65 bits per heavy atom. The second-order valence-electron chi connectivity index (χ2n) is 5.88. The highest BCUT2D eigenvalue weighted by Gasteiger charge is 2.42. The van der Waals surface area contributed by atoms with Gasteiger partial charge in [-0.2, -0.15) is 0 Å². The number of thiophene rings is 1. The van der Waals surface area contributed by atoms with Gasteiger partial charge in [0.15, 0.2) is 0 Å². The molecule has 3 atom stereocenters. The summed E-state index contributed by atoms with van der Waals surface area (Å²) in [6.45, 7) is 2.11. The summed E-state index contributed by atoms with van der Waals surface area (Å²) in [5.41, 5.74) is 0. The predicted molar refractivity (Wildman–Crippen MR) is 77.3 cm³/mol. The van der Waals surface area contributed by atoms with Crippen LogP contribution in [-0.2, 0) is 0 Å². The number of rotatable bonds is 2. The number of carbonyl (C=O) groups excluding carboxylic acids is 1. The van der Waals surface area contributed by atoms with E-state index in [9.17, 15) is 9.59 Å². The van der Waals surface area contributed by atoms with Gasteiger partial charge >= 0.3 is 5.97 Å². The van der Waals surface area contributed by atoms with Crippen LogP contribution >= 0.6 is 11.3 Å². The van der Waals surface area contributed by atoms with Gasteiger partial charge in [-0.3, -0.25) is 4.79 Å². The fraction of sp³-hybridized carbons (Fsp3) is 0.600. The second-order valence-corrected chi connectivity index (χ2v) is 6.96. The number of carbonyl (C=O) groups is 2. The van der Waals surface area contributed by atoms with E-state index in [2.05, 4.69) is 6.92 Å². The van der Waals surface area contributed by atoms with Crippen molar-refractivity contribution in [3.8, 4) is 0 Å². The van der Waals surface area contributed by atoms with Crippen LogP contribution in [0.15, 0.2) is 12.1 Å². The van der Waals surface area contributed by atoms with Crippen molar-refractivity contribution in [1.82, 2.24) is 4.90 Å². The van der Waals surface area contributed by atoms with Crippen LogP contribution in [-0.4, -0.2) is 34.0 Å². The first kappa shape index (κ1) is 13.6. The Morgan fingerprint density at radius 2 is 1.95 bits per heavy atom. The largest absolute Gasteiger partial charge is 0.477 e. The topological polar surface area (TPSA) is 57.6 Å². The van der Waals surface area contributed by atoms with Crippen LogP contribution in [0.25, 0.3) is 0 Å². The Labute approximate surface area is 122 Å². The fourth-order valence-corrected chi connectivity index (χ4v) is 4.54. The molecule has 0 spiro atoms. The maximum Gasteiger partial charge on any atom is 0.345 e. The molecule has 1 N–H and O–H groups in total. The molecule has 3 unspecified atom stereocenters. The third-order valence-corrected chi connectivity index (χ3v) is 5.67. The Kier molecular flexibility index (Phi) is 3.54. The predicted octanol–water partition coefficient (Wildman–Crippen LogP) is 3.24. The summed E-state index contributed by atoms with van der Waals surface area (Å²) in [5, 5.41) is 8.97. The molecule has 108 valence electrons. The molecule has 1 saturated carbocycles. The molecular weight excluding hydrogens is 274 g/mol. The molecule has 1 aliphatic carbocycles. The van der Waals surface area contributed by atoms with Gasteiger partial charge < -0.3 is 10.0 Å². The highest BCUT2D eigenvalue weighted by Crippen LogP contribution is 2.40. The smallest absolute Gasteiger partial charge is 0.345 e. The van der Waals surface area contributed by atoms with Crippen LogP contribution in [0.4, 0.5) is 0 Å². The van der Waals surface area contributed by atoms with Gasteiger partial charge in [0.1, 0.15) is 4.88 Å². The maximum atomic E-state index is 12.7. The molecule has 1 aliphatic heterocycles. The molecule has 4 nitrogen and oxygen atoms in total. The van der Waals surface area contributed by atoms with Crippen molar-refractivity contribution in [2.75, 3.05) is 0 Å². The van der Waals surface area contributed by atoms with E-state index in [-0.39, 0.29) is 16.8 Å². The van der Waals surface area contributed by atoms with Crippen molar-refractivity contribution in [2.24, 2.45) is 5.92 Å². The highest BCUT2D eigenvalue weighted by atomic mass is 32.1. The van der Waals surface area contributed by atoms with Gasteiger partial charge in [0.2, 0.25) is 0 Å². The Hall–Kier alpha value is -1.36. The molecule has 0 radical (unpaired) electrons. The molecule has 1 saturated heterocycles. The lowest BCUT2D eigenvalue weighted by Gasteiger charge is -2.33.